The summed E-state index contributed by atoms with van der Waals surface area (Å²) in [6, 6.07) is 12.3. The van der Waals surface area contributed by atoms with Crippen LogP contribution in [0.4, 0.5) is 0 Å². The van der Waals surface area contributed by atoms with E-state index in [1.165, 1.54) is 0 Å². The van der Waals surface area contributed by atoms with Crippen molar-refractivity contribution < 1.29 is 18.8 Å². The van der Waals surface area contributed by atoms with Crippen LogP contribution >= 0.6 is 0 Å². The van der Waals surface area contributed by atoms with Gasteiger partial charge in [0.05, 0.1) is 26.5 Å². The number of para-hydroxylation sites is 1. The predicted molar refractivity (Wildman–Crippen MR) is 78.3 cm³/mol. The summed E-state index contributed by atoms with van der Waals surface area (Å²) >= 11 is 0. The standard InChI is InChI=1S/C16H14O4S/c1-2-11(16(17)18)10-7-8-13-15(9-10)21(19)14-6-4-3-5-12(14)20-13/h3-9,11H,2H2,1H3,(H,17,18). The number of rotatable bonds is 3. The van der Waals surface area contributed by atoms with Gasteiger partial charge >= 0.3 is 5.97 Å². The third kappa shape index (κ3) is 2.34. The Morgan fingerprint density at radius 1 is 1.19 bits per heavy atom. The maximum atomic E-state index is 12.6. The highest BCUT2D eigenvalue weighted by Crippen LogP contribution is 2.41. The number of fused-ring (bicyclic) bond motifs is 2. The number of ether oxygens (including phenoxy) is 1. The van der Waals surface area contributed by atoms with E-state index in [0.29, 0.717) is 33.3 Å². The second-order valence-electron chi connectivity index (χ2n) is 4.82. The Morgan fingerprint density at radius 3 is 2.62 bits per heavy atom. The largest absolute Gasteiger partial charge is 0.481 e. The summed E-state index contributed by atoms with van der Waals surface area (Å²) in [7, 11) is -1.35. The van der Waals surface area contributed by atoms with Gasteiger partial charge in [-0.2, -0.15) is 0 Å². The smallest absolute Gasteiger partial charge is 0.310 e. The second-order valence-corrected chi connectivity index (χ2v) is 6.24. The van der Waals surface area contributed by atoms with Crippen molar-refractivity contribution in [2.75, 3.05) is 0 Å². The maximum absolute atomic E-state index is 12.6. The summed E-state index contributed by atoms with van der Waals surface area (Å²) in [4.78, 5) is 12.4. The number of hydrogen-bond donors (Lipinski definition) is 1. The van der Waals surface area contributed by atoms with Gasteiger partial charge in [-0.05, 0) is 36.2 Å². The summed E-state index contributed by atoms with van der Waals surface area (Å²) in [5, 5.41) is 9.25. The topological polar surface area (TPSA) is 63.6 Å². The summed E-state index contributed by atoms with van der Waals surface area (Å²) in [5.74, 6) is -0.359. The average molecular weight is 302 g/mol. The number of carbonyl (C=O) groups is 1. The first-order valence-electron chi connectivity index (χ1n) is 6.67. The Labute approximate surface area is 124 Å². The zero-order valence-corrected chi connectivity index (χ0v) is 12.2. The number of benzene rings is 2. The normalized spacial score (nSPS) is 17.3. The number of aliphatic carboxylic acids is 1. The highest BCUT2D eigenvalue weighted by molar-refractivity contribution is 7.85. The summed E-state index contributed by atoms with van der Waals surface area (Å²) < 4.78 is 18.4. The molecule has 1 N–H and O–H groups in total. The van der Waals surface area contributed by atoms with Crippen LogP contribution in [0.1, 0.15) is 24.8 Å². The molecule has 4 nitrogen and oxygen atoms in total. The number of carboxylic acids is 1. The van der Waals surface area contributed by atoms with Crippen LogP contribution in [0.5, 0.6) is 11.5 Å². The van der Waals surface area contributed by atoms with Gasteiger partial charge in [-0.3, -0.25) is 4.79 Å². The molecule has 0 amide bonds. The molecule has 0 fully saturated rings. The molecule has 5 heteroatoms. The minimum absolute atomic E-state index is 0.484. The lowest BCUT2D eigenvalue weighted by Gasteiger charge is -2.21. The van der Waals surface area contributed by atoms with Crippen LogP contribution in [-0.4, -0.2) is 15.3 Å². The molecule has 2 aromatic carbocycles. The first kappa shape index (κ1) is 13.8. The van der Waals surface area contributed by atoms with Crippen molar-refractivity contribution in [3.05, 3.63) is 48.0 Å². The molecule has 2 aromatic rings. The van der Waals surface area contributed by atoms with Gasteiger partial charge in [0.25, 0.3) is 0 Å². The third-order valence-electron chi connectivity index (χ3n) is 3.55. The Kier molecular flexibility index (Phi) is 3.51. The first-order valence-corrected chi connectivity index (χ1v) is 7.82. The Hall–Kier alpha value is -2.14. The lowest BCUT2D eigenvalue weighted by Crippen LogP contribution is -2.12. The Balaban J connectivity index is 2.07. The van der Waals surface area contributed by atoms with E-state index in [0.717, 1.165) is 0 Å². The molecule has 108 valence electrons. The molecule has 0 saturated heterocycles. The molecule has 0 aliphatic carbocycles. The lowest BCUT2D eigenvalue weighted by molar-refractivity contribution is -0.138. The van der Waals surface area contributed by atoms with Crippen molar-refractivity contribution in [1.29, 1.82) is 0 Å². The molecular weight excluding hydrogens is 288 g/mol. The van der Waals surface area contributed by atoms with E-state index in [4.69, 9.17) is 4.74 Å². The number of hydrogen-bond acceptors (Lipinski definition) is 3. The molecule has 21 heavy (non-hydrogen) atoms. The highest BCUT2D eigenvalue weighted by atomic mass is 32.2. The minimum atomic E-state index is -1.35. The Morgan fingerprint density at radius 2 is 1.90 bits per heavy atom. The summed E-state index contributed by atoms with van der Waals surface area (Å²) in [6.07, 6.45) is 0.484. The highest BCUT2D eigenvalue weighted by Gasteiger charge is 2.26. The van der Waals surface area contributed by atoms with E-state index in [1.807, 2.05) is 13.0 Å². The molecule has 0 aromatic heterocycles. The van der Waals surface area contributed by atoms with Gasteiger partial charge in [0.2, 0.25) is 0 Å². The molecule has 0 bridgehead atoms. The fourth-order valence-electron chi connectivity index (χ4n) is 2.45. The number of carboxylic acid groups (broad SMARTS) is 1. The predicted octanol–water partition coefficient (Wildman–Crippen LogP) is 3.54. The van der Waals surface area contributed by atoms with Gasteiger partial charge in [0.1, 0.15) is 11.5 Å². The van der Waals surface area contributed by atoms with Gasteiger partial charge in [-0.15, -0.1) is 0 Å². The van der Waals surface area contributed by atoms with Gasteiger partial charge in [-0.25, -0.2) is 4.21 Å². The van der Waals surface area contributed by atoms with Crippen LogP contribution < -0.4 is 4.74 Å². The van der Waals surface area contributed by atoms with Crippen LogP contribution in [0.25, 0.3) is 0 Å². The first-order chi connectivity index (χ1) is 10.1. The van der Waals surface area contributed by atoms with Crippen molar-refractivity contribution in [3.63, 3.8) is 0 Å². The molecule has 2 atom stereocenters. The summed E-state index contributed by atoms with van der Waals surface area (Å²) in [5.41, 5.74) is 0.653. The zero-order valence-electron chi connectivity index (χ0n) is 11.4. The van der Waals surface area contributed by atoms with E-state index >= 15 is 0 Å². The van der Waals surface area contributed by atoms with Gasteiger partial charge in [-0.1, -0.05) is 25.1 Å². The van der Waals surface area contributed by atoms with Crippen molar-refractivity contribution in [2.45, 2.75) is 29.1 Å². The van der Waals surface area contributed by atoms with Crippen molar-refractivity contribution in [3.8, 4) is 11.5 Å². The van der Waals surface area contributed by atoms with Crippen LogP contribution in [0, 0.1) is 0 Å². The molecule has 0 saturated carbocycles. The molecular formula is C16H14O4S. The van der Waals surface area contributed by atoms with Gasteiger partial charge in [0.15, 0.2) is 0 Å². The lowest BCUT2D eigenvalue weighted by atomic mass is 9.97. The van der Waals surface area contributed by atoms with Crippen molar-refractivity contribution in [2.24, 2.45) is 0 Å². The SMILES string of the molecule is CCC(C(=O)O)c1ccc2c(c1)S(=O)c1ccccc1O2. The fraction of sp³-hybridized carbons (Fsp3) is 0.188. The van der Waals surface area contributed by atoms with E-state index in [-0.39, 0.29) is 0 Å². The van der Waals surface area contributed by atoms with Gasteiger partial charge < -0.3 is 9.84 Å². The van der Waals surface area contributed by atoms with Crippen molar-refractivity contribution in [1.82, 2.24) is 0 Å². The maximum Gasteiger partial charge on any atom is 0.310 e. The third-order valence-corrected chi connectivity index (χ3v) is 5.00. The molecule has 2 unspecified atom stereocenters. The average Bonchev–Trinajstić information content (AvgIpc) is 2.48. The Bertz CT molecular complexity index is 739. The molecule has 1 aliphatic rings. The van der Waals surface area contributed by atoms with Crippen molar-refractivity contribution >= 4 is 16.8 Å². The van der Waals surface area contributed by atoms with Crippen LogP contribution in [-0.2, 0) is 15.6 Å². The molecule has 1 aliphatic heterocycles. The minimum Gasteiger partial charge on any atom is -0.481 e. The van der Waals surface area contributed by atoms with Crippen LogP contribution in [0.3, 0.4) is 0 Å². The molecule has 1 heterocycles. The fourth-order valence-corrected chi connectivity index (χ4v) is 3.72. The molecule has 3 rings (SSSR count). The van der Waals surface area contributed by atoms with E-state index in [2.05, 4.69) is 0 Å². The van der Waals surface area contributed by atoms with Gasteiger partial charge in [0, 0.05) is 0 Å². The molecule has 0 radical (unpaired) electrons. The quantitative estimate of drug-likeness (QED) is 0.804. The zero-order chi connectivity index (χ0) is 15.0. The van der Waals surface area contributed by atoms with E-state index < -0.39 is 22.7 Å². The summed E-state index contributed by atoms with van der Waals surface area (Å²) in [6.45, 7) is 1.82. The monoisotopic (exact) mass is 302 g/mol. The molecule has 0 spiro atoms. The van der Waals surface area contributed by atoms with E-state index in [1.54, 1.807) is 36.4 Å². The van der Waals surface area contributed by atoms with Crippen LogP contribution in [0.2, 0.25) is 0 Å². The van der Waals surface area contributed by atoms with E-state index in [9.17, 15) is 14.1 Å². The van der Waals surface area contributed by atoms with Crippen LogP contribution in [0.15, 0.2) is 52.3 Å². The second kappa shape index (κ2) is 5.33.